The van der Waals surface area contributed by atoms with E-state index in [-0.39, 0.29) is 12.5 Å². The zero-order chi connectivity index (χ0) is 28.5. The van der Waals surface area contributed by atoms with Crippen LogP contribution >= 0.6 is 15.9 Å². The maximum atomic E-state index is 14.0. The fourth-order valence-corrected chi connectivity index (χ4v) is 4.91. The number of anilines is 1. The first-order valence-corrected chi connectivity index (χ1v) is 13.6. The van der Waals surface area contributed by atoms with Crippen molar-refractivity contribution in [3.8, 4) is 5.75 Å². The molecule has 0 aromatic heterocycles. The summed E-state index contributed by atoms with van der Waals surface area (Å²) in [6, 6.07) is 15.9. The molecular weight excluding hydrogens is 562 g/mol. The van der Waals surface area contributed by atoms with Crippen LogP contribution in [-0.4, -0.2) is 54.1 Å². The largest absolute Gasteiger partial charge is 0.487 e. The first-order chi connectivity index (χ1) is 18.4. The minimum atomic E-state index is -0.971. The Kier molecular flexibility index (Phi) is 8.20. The number of ether oxygens (including phenoxy) is 2. The molecule has 9 heteroatoms. The number of carbonyl (C=O) groups excluding carboxylic acids is 3. The second kappa shape index (κ2) is 11.3. The highest BCUT2D eigenvalue weighted by Crippen LogP contribution is 2.39. The van der Waals surface area contributed by atoms with Crippen molar-refractivity contribution in [3.05, 3.63) is 70.2 Å². The van der Waals surface area contributed by atoms with Gasteiger partial charge in [-0.2, -0.15) is 0 Å². The Morgan fingerprint density at radius 2 is 1.87 bits per heavy atom. The van der Waals surface area contributed by atoms with Crippen molar-refractivity contribution in [2.75, 3.05) is 18.6 Å². The van der Waals surface area contributed by atoms with Crippen LogP contribution in [0.3, 0.4) is 0 Å². The molecule has 0 spiro atoms. The number of para-hydroxylation sites is 1. The summed E-state index contributed by atoms with van der Waals surface area (Å²) < 4.78 is 12.2. The molecular formula is C30H34BrN3O5. The van der Waals surface area contributed by atoms with Gasteiger partial charge in [0.2, 0.25) is 5.91 Å². The normalized spacial score (nSPS) is 16.1. The van der Waals surface area contributed by atoms with Crippen LogP contribution in [0.4, 0.5) is 10.5 Å². The number of likely N-dealkylation sites (N-methyl/N-ethyl adjacent to an activating group) is 1. The fraction of sp³-hybridized carbons (Fsp3) is 0.367. The lowest BCUT2D eigenvalue weighted by Crippen LogP contribution is -2.55. The van der Waals surface area contributed by atoms with Gasteiger partial charge in [-0.15, -0.1) is 0 Å². The smallest absolute Gasteiger partial charge is 0.410 e. The van der Waals surface area contributed by atoms with Gasteiger partial charge in [0.15, 0.2) is 5.75 Å². The molecule has 1 aliphatic rings. The molecule has 4 rings (SSSR count). The zero-order valence-corrected chi connectivity index (χ0v) is 24.7. The number of hydrogen-bond acceptors (Lipinski definition) is 5. The summed E-state index contributed by atoms with van der Waals surface area (Å²) in [4.78, 5) is 42.6. The molecule has 39 heavy (non-hydrogen) atoms. The third kappa shape index (κ3) is 6.19. The summed E-state index contributed by atoms with van der Waals surface area (Å²) in [7, 11) is 1.49. The van der Waals surface area contributed by atoms with E-state index >= 15 is 0 Å². The Morgan fingerprint density at radius 3 is 2.59 bits per heavy atom. The number of hydrogen-bond donors (Lipinski definition) is 1. The predicted molar refractivity (Wildman–Crippen MR) is 155 cm³/mol. The number of fused-ring (bicyclic) bond motifs is 2. The van der Waals surface area contributed by atoms with E-state index in [9.17, 15) is 14.4 Å². The van der Waals surface area contributed by atoms with Gasteiger partial charge >= 0.3 is 6.09 Å². The third-order valence-electron chi connectivity index (χ3n) is 6.74. The summed E-state index contributed by atoms with van der Waals surface area (Å²) in [5, 5.41) is 4.94. The second-order valence-electron chi connectivity index (χ2n) is 10.7. The molecule has 8 nitrogen and oxygen atoms in total. The average molecular weight is 597 g/mol. The topological polar surface area (TPSA) is 88.2 Å². The van der Waals surface area contributed by atoms with E-state index in [1.54, 1.807) is 32.6 Å². The molecule has 0 aliphatic carbocycles. The van der Waals surface area contributed by atoms with Gasteiger partial charge < -0.3 is 19.7 Å². The van der Waals surface area contributed by atoms with Crippen molar-refractivity contribution < 1.29 is 23.9 Å². The molecule has 3 aromatic rings. The van der Waals surface area contributed by atoms with Crippen LogP contribution in [0.1, 0.15) is 38.8 Å². The number of carbonyl (C=O) groups is 3. The molecule has 0 saturated carbocycles. The Labute approximate surface area is 237 Å². The van der Waals surface area contributed by atoms with E-state index < -0.39 is 29.7 Å². The van der Waals surface area contributed by atoms with Gasteiger partial charge in [0.1, 0.15) is 24.3 Å². The number of rotatable bonds is 5. The van der Waals surface area contributed by atoms with Gasteiger partial charge in [0.25, 0.3) is 5.91 Å². The molecule has 3 amide bonds. The van der Waals surface area contributed by atoms with Gasteiger partial charge in [-0.05, 0) is 84.6 Å². The highest BCUT2D eigenvalue weighted by atomic mass is 79.9. The van der Waals surface area contributed by atoms with Crippen molar-refractivity contribution in [3.63, 3.8) is 0 Å². The van der Waals surface area contributed by atoms with Crippen LogP contribution in [0.2, 0.25) is 0 Å². The molecule has 0 radical (unpaired) electrons. The Hall–Kier alpha value is -3.59. The minimum Gasteiger partial charge on any atom is -0.487 e. The van der Waals surface area contributed by atoms with Gasteiger partial charge in [0.05, 0.1) is 16.7 Å². The number of benzene rings is 3. The summed E-state index contributed by atoms with van der Waals surface area (Å²) in [5.41, 5.74) is 1.97. The minimum absolute atomic E-state index is 0.0614. The van der Waals surface area contributed by atoms with E-state index in [4.69, 9.17) is 9.47 Å². The first-order valence-electron chi connectivity index (χ1n) is 12.8. The van der Waals surface area contributed by atoms with Gasteiger partial charge in [-0.3, -0.25) is 14.5 Å². The number of amides is 3. The van der Waals surface area contributed by atoms with Crippen LogP contribution in [0.5, 0.6) is 5.75 Å². The van der Waals surface area contributed by atoms with Crippen LogP contribution < -0.4 is 15.0 Å². The third-order valence-corrected chi connectivity index (χ3v) is 7.37. The fourth-order valence-electron chi connectivity index (χ4n) is 4.44. The SMILES string of the molecule is Cc1ccc2ccccc2c1CN1C(=O)[C@@H](NC(=O)[C@H](C)N(C)C(=O)OC(C)(C)C)COc2c(Br)cccc21. The quantitative estimate of drug-likeness (QED) is 0.416. The van der Waals surface area contributed by atoms with Crippen molar-refractivity contribution in [1.29, 1.82) is 0 Å². The molecule has 0 bridgehead atoms. The summed E-state index contributed by atoms with van der Waals surface area (Å²) in [6.45, 7) is 9.11. The lowest BCUT2D eigenvalue weighted by molar-refractivity contribution is -0.130. The van der Waals surface area contributed by atoms with E-state index in [1.165, 1.54) is 11.9 Å². The highest BCUT2D eigenvalue weighted by molar-refractivity contribution is 9.10. The monoisotopic (exact) mass is 595 g/mol. The average Bonchev–Trinajstić information content (AvgIpc) is 3.01. The Balaban J connectivity index is 1.64. The van der Waals surface area contributed by atoms with Crippen molar-refractivity contribution in [2.45, 2.75) is 58.8 Å². The van der Waals surface area contributed by atoms with E-state index in [0.29, 0.717) is 22.5 Å². The number of nitrogens with one attached hydrogen (secondary N) is 1. The number of nitrogens with zero attached hydrogens (tertiary/aromatic N) is 2. The molecule has 1 aliphatic heterocycles. The predicted octanol–water partition coefficient (Wildman–Crippen LogP) is 5.58. The molecule has 0 fully saturated rings. The maximum Gasteiger partial charge on any atom is 0.410 e. The molecule has 3 aromatic carbocycles. The van der Waals surface area contributed by atoms with Crippen molar-refractivity contribution in [2.24, 2.45) is 0 Å². The van der Waals surface area contributed by atoms with Crippen LogP contribution in [-0.2, 0) is 20.9 Å². The Bertz CT molecular complexity index is 1420. The lowest BCUT2D eigenvalue weighted by atomic mass is 9.99. The maximum absolute atomic E-state index is 14.0. The van der Waals surface area contributed by atoms with Crippen LogP contribution in [0.15, 0.2) is 59.1 Å². The van der Waals surface area contributed by atoms with E-state index in [2.05, 4.69) is 27.3 Å². The molecule has 206 valence electrons. The Morgan fingerprint density at radius 1 is 1.15 bits per heavy atom. The molecule has 1 heterocycles. The summed E-state index contributed by atoms with van der Waals surface area (Å²) in [6.07, 6.45) is -0.627. The first kappa shape index (κ1) is 28.4. The molecule has 0 unspecified atom stereocenters. The van der Waals surface area contributed by atoms with Gasteiger partial charge in [-0.1, -0.05) is 42.5 Å². The zero-order valence-electron chi connectivity index (χ0n) is 23.1. The summed E-state index contributed by atoms with van der Waals surface area (Å²) >= 11 is 3.55. The highest BCUT2D eigenvalue weighted by Gasteiger charge is 2.36. The second-order valence-corrected chi connectivity index (χ2v) is 11.6. The number of halogens is 1. The van der Waals surface area contributed by atoms with E-state index in [0.717, 1.165) is 21.9 Å². The lowest BCUT2D eigenvalue weighted by Gasteiger charge is -2.30. The number of aryl methyl sites for hydroxylation is 1. The van der Waals surface area contributed by atoms with Gasteiger partial charge in [-0.25, -0.2) is 4.79 Å². The molecule has 1 N–H and O–H groups in total. The van der Waals surface area contributed by atoms with Gasteiger partial charge in [0, 0.05) is 7.05 Å². The van der Waals surface area contributed by atoms with Crippen LogP contribution in [0, 0.1) is 6.92 Å². The van der Waals surface area contributed by atoms with E-state index in [1.807, 2.05) is 55.5 Å². The molecule has 2 atom stereocenters. The van der Waals surface area contributed by atoms with Crippen LogP contribution in [0.25, 0.3) is 10.8 Å². The van der Waals surface area contributed by atoms with Crippen molar-refractivity contribution >= 4 is 50.3 Å². The standard InChI is InChI=1S/C30H34BrN3O5/c1-18-14-15-20-10-7-8-11-21(20)22(18)16-34-25-13-9-12-23(31)26(25)38-17-24(28(34)36)32-27(35)19(2)33(6)29(37)39-30(3,4)5/h7-15,19,24H,16-17H2,1-6H3,(H,32,35)/t19-,24-/m0/s1. The summed E-state index contributed by atoms with van der Waals surface area (Å²) in [5.74, 6) is -0.268. The molecule has 0 saturated heterocycles. The van der Waals surface area contributed by atoms with Crippen molar-refractivity contribution in [1.82, 2.24) is 10.2 Å².